The molecule has 0 fully saturated rings. The Balaban J connectivity index is 1.62. The van der Waals surface area contributed by atoms with Crippen molar-refractivity contribution in [3.63, 3.8) is 0 Å². The van der Waals surface area contributed by atoms with Crippen LogP contribution in [0.3, 0.4) is 0 Å². The summed E-state index contributed by atoms with van der Waals surface area (Å²) in [7, 11) is 0. The molecule has 2 heterocycles. The van der Waals surface area contributed by atoms with Crippen molar-refractivity contribution in [1.29, 1.82) is 0 Å². The largest absolute Gasteiger partial charge is 0.507 e. The first-order valence-electron chi connectivity index (χ1n) is 8.03. The number of fused-ring (bicyclic) bond motifs is 1. The SMILES string of the molecule is CC(C)n1nnc2cc(C3=NC=C(c4ccccc4O)C3)ccc21. The van der Waals surface area contributed by atoms with Crippen molar-refractivity contribution in [2.45, 2.75) is 26.3 Å². The van der Waals surface area contributed by atoms with Gasteiger partial charge in [-0.1, -0.05) is 29.5 Å². The fraction of sp³-hybridized carbons (Fsp3) is 0.211. The summed E-state index contributed by atoms with van der Waals surface area (Å²) in [6.45, 7) is 4.18. The van der Waals surface area contributed by atoms with Crippen LogP contribution in [0.5, 0.6) is 5.75 Å². The van der Waals surface area contributed by atoms with Gasteiger partial charge in [0.2, 0.25) is 0 Å². The van der Waals surface area contributed by atoms with Gasteiger partial charge >= 0.3 is 0 Å². The number of phenolic OH excluding ortho intramolecular Hbond substituents is 1. The van der Waals surface area contributed by atoms with E-state index in [9.17, 15) is 5.11 Å². The number of hydrogen-bond acceptors (Lipinski definition) is 4. The summed E-state index contributed by atoms with van der Waals surface area (Å²) in [5.74, 6) is 0.288. The maximum atomic E-state index is 10.0. The molecule has 0 saturated carbocycles. The molecule has 5 heteroatoms. The Morgan fingerprint density at radius 1 is 1.12 bits per heavy atom. The topological polar surface area (TPSA) is 63.3 Å². The number of phenols is 1. The number of allylic oxidation sites excluding steroid dienone is 1. The predicted molar refractivity (Wildman–Crippen MR) is 95.2 cm³/mol. The number of benzene rings is 2. The van der Waals surface area contributed by atoms with Gasteiger partial charge in [0, 0.05) is 24.2 Å². The van der Waals surface area contributed by atoms with Crippen LogP contribution in [0.25, 0.3) is 16.6 Å². The van der Waals surface area contributed by atoms with E-state index in [0.29, 0.717) is 6.42 Å². The van der Waals surface area contributed by atoms with Gasteiger partial charge in [0.05, 0.1) is 11.2 Å². The van der Waals surface area contributed by atoms with Crippen LogP contribution < -0.4 is 0 Å². The molecule has 0 spiro atoms. The van der Waals surface area contributed by atoms with Crippen LogP contribution in [-0.4, -0.2) is 25.8 Å². The van der Waals surface area contributed by atoms with Crippen molar-refractivity contribution in [2.24, 2.45) is 4.99 Å². The maximum absolute atomic E-state index is 10.0. The molecule has 1 N–H and O–H groups in total. The molecule has 120 valence electrons. The first-order valence-corrected chi connectivity index (χ1v) is 8.03. The minimum Gasteiger partial charge on any atom is -0.507 e. The molecule has 0 unspecified atom stereocenters. The molecule has 0 saturated heterocycles. The lowest BCUT2D eigenvalue weighted by atomic mass is 9.98. The van der Waals surface area contributed by atoms with Crippen molar-refractivity contribution < 1.29 is 5.11 Å². The minimum absolute atomic E-state index is 0.277. The van der Waals surface area contributed by atoms with E-state index in [0.717, 1.165) is 33.4 Å². The molecule has 0 atom stereocenters. The second-order valence-corrected chi connectivity index (χ2v) is 6.26. The summed E-state index contributed by atoms with van der Waals surface area (Å²) >= 11 is 0. The Morgan fingerprint density at radius 3 is 2.75 bits per heavy atom. The summed E-state index contributed by atoms with van der Waals surface area (Å²) < 4.78 is 1.92. The van der Waals surface area contributed by atoms with Crippen LogP contribution in [-0.2, 0) is 0 Å². The van der Waals surface area contributed by atoms with Crippen LogP contribution in [0.15, 0.2) is 53.7 Å². The van der Waals surface area contributed by atoms with E-state index >= 15 is 0 Å². The van der Waals surface area contributed by atoms with Crippen LogP contribution in [0.1, 0.15) is 37.4 Å². The minimum atomic E-state index is 0.277. The summed E-state index contributed by atoms with van der Waals surface area (Å²) in [4.78, 5) is 4.54. The Kier molecular flexibility index (Phi) is 3.41. The quantitative estimate of drug-likeness (QED) is 0.795. The van der Waals surface area contributed by atoms with Gasteiger partial charge in [-0.2, -0.15) is 0 Å². The summed E-state index contributed by atoms with van der Waals surface area (Å²) in [6, 6.07) is 13.8. The molecule has 1 aromatic heterocycles. The first-order chi connectivity index (χ1) is 11.6. The van der Waals surface area contributed by atoms with Gasteiger partial charge in [0.15, 0.2) is 0 Å². The summed E-state index contributed by atoms with van der Waals surface area (Å²) in [6.07, 6.45) is 2.53. The second kappa shape index (κ2) is 5.60. The highest BCUT2D eigenvalue weighted by Gasteiger charge is 2.17. The molecule has 0 radical (unpaired) electrons. The Labute approximate surface area is 140 Å². The van der Waals surface area contributed by atoms with Crippen molar-refractivity contribution in [2.75, 3.05) is 0 Å². The fourth-order valence-corrected chi connectivity index (χ4v) is 3.02. The smallest absolute Gasteiger partial charge is 0.123 e. The lowest BCUT2D eigenvalue weighted by molar-refractivity contribution is 0.473. The van der Waals surface area contributed by atoms with E-state index in [-0.39, 0.29) is 11.8 Å². The Bertz CT molecular complexity index is 982. The summed E-state index contributed by atoms with van der Waals surface area (Å²) in [5, 5.41) is 18.5. The normalized spacial score (nSPS) is 14.3. The van der Waals surface area contributed by atoms with Crippen LogP contribution in [0.4, 0.5) is 0 Å². The fourth-order valence-electron chi connectivity index (χ4n) is 3.02. The number of aromatic nitrogens is 3. The van der Waals surface area contributed by atoms with E-state index < -0.39 is 0 Å². The molecular weight excluding hydrogens is 300 g/mol. The van der Waals surface area contributed by atoms with Crippen LogP contribution in [0, 0.1) is 0 Å². The van der Waals surface area contributed by atoms with E-state index in [1.54, 1.807) is 6.07 Å². The molecule has 24 heavy (non-hydrogen) atoms. The average molecular weight is 318 g/mol. The van der Waals surface area contributed by atoms with Crippen molar-refractivity contribution in [1.82, 2.24) is 15.0 Å². The zero-order valence-corrected chi connectivity index (χ0v) is 13.6. The number of rotatable bonds is 3. The Hall–Kier alpha value is -2.95. The van der Waals surface area contributed by atoms with Gasteiger partial charge in [-0.05, 0) is 43.2 Å². The lowest BCUT2D eigenvalue weighted by Crippen LogP contribution is -2.03. The van der Waals surface area contributed by atoms with Crippen LogP contribution in [0.2, 0.25) is 0 Å². The van der Waals surface area contributed by atoms with E-state index in [1.165, 1.54) is 0 Å². The Morgan fingerprint density at radius 2 is 1.96 bits per heavy atom. The first kappa shape index (κ1) is 14.6. The zero-order chi connectivity index (χ0) is 16.7. The highest BCUT2D eigenvalue weighted by molar-refractivity contribution is 6.10. The molecule has 0 bridgehead atoms. The molecule has 4 rings (SSSR count). The lowest BCUT2D eigenvalue weighted by Gasteiger charge is -2.07. The van der Waals surface area contributed by atoms with E-state index in [2.05, 4.69) is 35.2 Å². The molecule has 5 nitrogen and oxygen atoms in total. The second-order valence-electron chi connectivity index (χ2n) is 6.26. The highest BCUT2D eigenvalue weighted by Crippen LogP contribution is 2.32. The van der Waals surface area contributed by atoms with E-state index in [1.807, 2.05) is 41.2 Å². The van der Waals surface area contributed by atoms with Crippen molar-refractivity contribution in [3.05, 3.63) is 59.8 Å². The number of para-hydroxylation sites is 1. The number of aromatic hydroxyl groups is 1. The average Bonchev–Trinajstić information content (AvgIpc) is 3.21. The monoisotopic (exact) mass is 318 g/mol. The van der Waals surface area contributed by atoms with Gasteiger partial charge in [-0.25, -0.2) is 4.68 Å². The number of nitrogens with zero attached hydrogens (tertiary/aromatic N) is 4. The third kappa shape index (κ3) is 2.38. The van der Waals surface area contributed by atoms with E-state index in [4.69, 9.17) is 0 Å². The molecule has 2 aromatic carbocycles. The standard InChI is InChI=1S/C19H18N4O/c1-12(2)23-18-8-7-13(9-17(18)21-22-23)16-10-14(11-20-16)15-5-3-4-6-19(15)24/h3-9,11-12,24H,10H2,1-2H3. The molecule has 3 aromatic rings. The van der Waals surface area contributed by atoms with Crippen LogP contribution >= 0.6 is 0 Å². The molecule has 1 aliphatic heterocycles. The highest BCUT2D eigenvalue weighted by atomic mass is 16.3. The number of hydrogen-bond donors (Lipinski definition) is 1. The summed E-state index contributed by atoms with van der Waals surface area (Å²) in [5.41, 5.74) is 5.78. The molecular formula is C19H18N4O. The van der Waals surface area contributed by atoms with Gasteiger partial charge in [0.1, 0.15) is 11.3 Å². The van der Waals surface area contributed by atoms with Gasteiger partial charge < -0.3 is 5.11 Å². The number of aliphatic imine (C=N–C) groups is 1. The van der Waals surface area contributed by atoms with Gasteiger partial charge in [-0.15, -0.1) is 5.10 Å². The van der Waals surface area contributed by atoms with Crippen molar-refractivity contribution in [3.8, 4) is 5.75 Å². The van der Waals surface area contributed by atoms with Gasteiger partial charge in [-0.3, -0.25) is 4.99 Å². The maximum Gasteiger partial charge on any atom is 0.123 e. The predicted octanol–water partition coefficient (Wildman–Crippen LogP) is 3.95. The molecule has 1 aliphatic rings. The third-order valence-electron chi connectivity index (χ3n) is 4.28. The molecule has 0 amide bonds. The van der Waals surface area contributed by atoms with Crippen molar-refractivity contribution >= 4 is 22.3 Å². The van der Waals surface area contributed by atoms with Gasteiger partial charge in [0.25, 0.3) is 0 Å². The zero-order valence-electron chi connectivity index (χ0n) is 13.6. The molecule has 0 aliphatic carbocycles. The third-order valence-corrected chi connectivity index (χ3v) is 4.28.